The standard InChI is InChI=1S/C14H18N6O2/c21-12-8-11(18-19-12)13(22)17-9-10-2-6-20(7-3-10)14-15-4-1-5-16-14/h1,4-5,10H,2-3,6-9H2,(H,17,22)(H,19,21). The molecule has 3 rings (SSSR count). The molecule has 1 fully saturated rings. The van der Waals surface area contributed by atoms with Gasteiger partial charge in [0, 0.05) is 32.0 Å². The lowest BCUT2D eigenvalue weighted by molar-refractivity contribution is -0.120. The van der Waals surface area contributed by atoms with E-state index in [0.717, 1.165) is 31.9 Å². The van der Waals surface area contributed by atoms with Crippen molar-refractivity contribution in [1.82, 2.24) is 20.7 Å². The van der Waals surface area contributed by atoms with Crippen molar-refractivity contribution in [1.29, 1.82) is 0 Å². The molecule has 0 aromatic carbocycles. The number of nitrogens with one attached hydrogen (secondary N) is 2. The first-order chi connectivity index (χ1) is 10.7. The molecule has 3 heterocycles. The van der Waals surface area contributed by atoms with E-state index < -0.39 is 0 Å². The van der Waals surface area contributed by atoms with Gasteiger partial charge in [-0.1, -0.05) is 0 Å². The van der Waals surface area contributed by atoms with Gasteiger partial charge in [0.2, 0.25) is 11.9 Å². The zero-order valence-corrected chi connectivity index (χ0v) is 12.2. The molecule has 116 valence electrons. The van der Waals surface area contributed by atoms with Gasteiger partial charge in [-0.25, -0.2) is 15.4 Å². The Labute approximate surface area is 128 Å². The SMILES string of the molecule is O=C1CC(C(=O)NCC2CCN(c3ncccn3)CC2)=NN1. The molecule has 22 heavy (non-hydrogen) atoms. The summed E-state index contributed by atoms with van der Waals surface area (Å²) >= 11 is 0. The number of anilines is 1. The van der Waals surface area contributed by atoms with E-state index in [1.165, 1.54) is 0 Å². The number of nitrogens with zero attached hydrogens (tertiary/aromatic N) is 4. The maximum absolute atomic E-state index is 11.9. The predicted molar refractivity (Wildman–Crippen MR) is 80.2 cm³/mol. The van der Waals surface area contributed by atoms with Crippen molar-refractivity contribution in [2.24, 2.45) is 11.0 Å². The molecule has 1 aromatic heterocycles. The number of hydrogen-bond acceptors (Lipinski definition) is 6. The Morgan fingerprint density at radius 3 is 2.68 bits per heavy atom. The molecular formula is C14H18N6O2. The van der Waals surface area contributed by atoms with Crippen LogP contribution in [0.4, 0.5) is 5.95 Å². The molecule has 0 spiro atoms. The van der Waals surface area contributed by atoms with Crippen LogP contribution in [0.25, 0.3) is 0 Å². The lowest BCUT2D eigenvalue weighted by Crippen LogP contribution is -2.40. The molecule has 0 atom stereocenters. The summed E-state index contributed by atoms with van der Waals surface area (Å²) in [5.74, 6) is 0.693. The molecule has 2 aliphatic heterocycles. The Morgan fingerprint density at radius 2 is 2.05 bits per heavy atom. The lowest BCUT2D eigenvalue weighted by Gasteiger charge is -2.31. The van der Waals surface area contributed by atoms with E-state index in [2.05, 4.69) is 30.7 Å². The van der Waals surface area contributed by atoms with Crippen molar-refractivity contribution in [3.05, 3.63) is 18.5 Å². The highest BCUT2D eigenvalue weighted by Crippen LogP contribution is 2.19. The van der Waals surface area contributed by atoms with Gasteiger partial charge in [0.05, 0.1) is 6.42 Å². The molecule has 1 aromatic rings. The molecule has 0 bridgehead atoms. The second-order valence-electron chi connectivity index (χ2n) is 5.46. The largest absolute Gasteiger partial charge is 0.351 e. The average Bonchev–Trinajstić information content (AvgIpc) is 3.00. The summed E-state index contributed by atoms with van der Waals surface area (Å²) in [5.41, 5.74) is 2.54. The fourth-order valence-corrected chi connectivity index (χ4v) is 2.62. The highest BCUT2D eigenvalue weighted by Gasteiger charge is 2.24. The number of carbonyl (C=O) groups excluding carboxylic acids is 2. The minimum Gasteiger partial charge on any atom is -0.351 e. The van der Waals surface area contributed by atoms with Crippen LogP contribution >= 0.6 is 0 Å². The summed E-state index contributed by atoms with van der Waals surface area (Å²) in [6.07, 6.45) is 5.50. The number of rotatable bonds is 4. The topological polar surface area (TPSA) is 99.6 Å². The molecule has 2 N–H and O–H groups in total. The number of hydrazone groups is 1. The van der Waals surface area contributed by atoms with Gasteiger partial charge in [-0.3, -0.25) is 9.59 Å². The Balaban J connectivity index is 1.43. The second-order valence-corrected chi connectivity index (χ2v) is 5.46. The zero-order chi connectivity index (χ0) is 15.4. The van der Waals surface area contributed by atoms with Gasteiger partial charge >= 0.3 is 0 Å². The Hall–Kier alpha value is -2.51. The first kappa shape index (κ1) is 14.4. The summed E-state index contributed by atoms with van der Waals surface area (Å²) in [7, 11) is 0. The van der Waals surface area contributed by atoms with Gasteiger partial charge in [0.25, 0.3) is 5.91 Å². The van der Waals surface area contributed by atoms with Crippen molar-refractivity contribution in [2.75, 3.05) is 24.5 Å². The third-order valence-electron chi connectivity index (χ3n) is 3.91. The maximum Gasteiger partial charge on any atom is 0.268 e. The summed E-state index contributed by atoms with van der Waals surface area (Å²) in [4.78, 5) is 33.5. The summed E-state index contributed by atoms with van der Waals surface area (Å²) in [6, 6.07) is 1.80. The van der Waals surface area contributed by atoms with Crippen LogP contribution in [-0.4, -0.2) is 47.1 Å². The van der Waals surface area contributed by atoms with Crippen LogP contribution in [-0.2, 0) is 9.59 Å². The van der Waals surface area contributed by atoms with E-state index in [-0.39, 0.29) is 23.9 Å². The molecular weight excluding hydrogens is 284 g/mol. The lowest BCUT2D eigenvalue weighted by atomic mass is 9.97. The van der Waals surface area contributed by atoms with E-state index in [1.807, 2.05) is 0 Å². The highest BCUT2D eigenvalue weighted by atomic mass is 16.2. The van der Waals surface area contributed by atoms with Crippen LogP contribution in [0.15, 0.2) is 23.6 Å². The van der Waals surface area contributed by atoms with Crippen molar-refractivity contribution in [3.63, 3.8) is 0 Å². The third-order valence-corrected chi connectivity index (χ3v) is 3.91. The number of carbonyl (C=O) groups is 2. The molecule has 0 saturated carbocycles. The van der Waals surface area contributed by atoms with E-state index >= 15 is 0 Å². The molecule has 8 heteroatoms. The minimum atomic E-state index is -0.257. The Kier molecular flexibility index (Phi) is 4.27. The quantitative estimate of drug-likeness (QED) is 0.794. The number of hydrogen-bond donors (Lipinski definition) is 2. The van der Waals surface area contributed by atoms with Crippen LogP contribution < -0.4 is 15.6 Å². The van der Waals surface area contributed by atoms with Crippen LogP contribution in [0.5, 0.6) is 0 Å². The van der Waals surface area contributed by atoms with E-state index in [1.54, 1.807) is 18.5 Å². The van der Waals surface area contributed by atoms with Gasteiger partial charge in [0.1, 0.15) is 5.71 Å². The fraction of sp³-hybridized carbons (Fsp3) is 0.500. The van der Waals surface area contributed by atoms with E-state index in [9.17, 15) is 9.59 Å². The normalized spacial score (nSPS) is 18.8. The van der Waals surface area contributed by atoms with E-state index in [0.29, 0.717) is 12.5 Å². The van der Waals surface area contributed by atoms with Crippen LogP contribution in [0.2, 0.25) is 0 Å². The molecule has 0 radical (unpaired) electrons. The van der Waals surface area contributed by atoms with Crippen LogP contribution in [0.1, 0.15) is 19.3 Å². The molecule has 8 nitrogen and oxygen atoms in total. The zero-order valence-electron chi connectivity index (χ0n) is 12.2. The van der Waals surface area contributed by atoms with Gasteiger partial charge in [-0.15, -0.1) is 0 Å². The van der Waals surface area contributed by atoms with Crippen molar-refractivity contribution in [3.8, 4) is 0 Å². The molecule has 1 saturated heterocycles. The third kappa shape index (κ3) is 3.38. The Morgan fingerprint density at radius 1 is 1.32 bits per heavy atom. The average molecular weight is 302 g/mol. The van der Waals surface area contributed by atoms with E-state index in [4.69, 9.17) is 0 Å². The maximum atomic E-state index is 11.9. The molecule has 0 aliphatic carbocycles. The van der Waals surface area contributed by atoms with Crippen molar-refractivity contribution in [2.45, 2.75) is 19.3 Å². The minimum absolute atomic E-state index is 0.0651. The van der Waals surface area contributed by atoms with Gasteiger partial charge in [0.15, 0.2) is 0 Å². The second kappa shape index (κ2) is 6.50. The molecule has 2 amide bonds. The van der Waals surface area contributed by atoms with Gasteiger partial charge in [-0.2, -0.15) is 5.10 Å². The number of amides is 2. The van der Waals surface area contributed by atoms with Crippen molar-refractivity contribution < 1.29 is 9.59 Å². The van der Waals surface area contributed by atoms with Gasteiger partial charge < -0.3 is 10.2 Å². The van der Waals surface area contributed by atoms with Crippen molar-refractivity contribution >= 4 is 23.5 Å². The first-order valence-electron chi connectivity index (χ1n) is 7.38. The predicted octanol–water partition coefficient (Wildman–Crippen LogP) is -0.315. The number of aromatic nitrogens is 2. The smallest absolute Gasteiger partial charge is 0.268 e. The van der Waals surface area contributed by atoms with Crippen LogP contribution in [0, 0.1) is 5.92 Å². The summed E-state index contributed by atoms with van der Waals surface area (Å²) in [5, 5.41) is 6.57. The number of piperidine rings is 1. The molecule has 0 unspecified atom stereocenters. The van der Waals surface area contributed by atoms with Crippen LogP contribution in [0.3, 0.4) is 0 Å². The summed E-state index contributed by atoms with van der Waals surface area (Å²) < 4.78 is 0. The van der Waals surface area contributed by atoms with Gasteiger partial charge in [-0.05, 0) is 24.8 Å². The highest BCUT2D eigenvalue weighted by molar-refractivity contribution is 6.43. The first-order valence-corrected chi connectivity index (χ1v) is 7.38. The monoisotopic (exact) mass is 302 g/mol. The Bertz CT molecular complexity index is 580. The molecule has 2 aliphatic rings. The summed E-state index contributed by atoms with van der Waals surface area (Å²) in [6.45, 7) is 2.37. The fourth-order valence-electron chi connectivity index (χ4n) is 2.62.